The second-order valence-corrected chi connectivity index (χ2v) is 6.80. The van der Waals surface area contributed by atoms with Gasteiger partial charge in [0.1, 0.15) is 5.75 Å². The molecule has 0 saturated carbocycles. The summed E-state index contributed by atoms with van der Waals surface area (Å²) in [4.78, 5) is 25.6. The van der Waals surface area contributed by atoms with E-state index < -0.39 is 6.04 Å². The van der Waals surface area contributed by atoms with Gasteiger partial charge in [0.25, 0.3) is 5.91 Å². The Kier molecular flexibility index (Phi) is 4.96. The first-order valence-corrected chi connectivity index (χ1v) is 8.72. The Balaban J connectivity index is 1.95. The van der Waals surface area contributed by atoms with Crippen molar-refractivity contribution in [1.82, 2.24) is 10.6 Å². The molecule has 1 aliphatic heterocycles. The number of ether oxygens (including phenoxy) is 1. The first-order chi connectivity index (χ1) is 12.0. The van der Waals surface area contributed by atoms with Crippen LogP contribution in [0.4, 0.5) is 10.5 Å². The fourth-order valence-electron chi connectivity index (χ4n) is 2.63. The molecular weight excluding hydrogens is 362 g/mol. The summed E-state index contributed by atoms with van der Waals surface area (Å²) in [5.41, 5.74) is 1.40. The van der Waals surface area contributed by atoms with Crippen molar-refractivity contribution in [3.8, 4) is 5.75 Å². The van der Waals surface area contributed by atoms with Crippen molar-refractivity contribution in [3.05, 3.63) is 56.9 Å². The van der Waals surface area contributed by atoms with Gasteiger partial charge in [0.15, 0.2) is 0 Å². The number of hydrogen-bond donors (Lipinski definition) is 3. The average Bonchev–Trinajstić information content (AvgIpc) is 3.08. The number of hydrogen-bond acceptors (Lipinski definition) is 4. The van der Waals surface area contributed by atoms with Crippen LogP contribution in [0.3, 0.4) is 0 Å². The molecule has 0 bridgehead atoms. The number of anilines is 1. The number of benzene rings is 1. The number of rotatable bonds is 4. The van der Waals surface area contributed by atoms with Gasteiger partial charge in [0.2, 0.25) is 0 Å². The fourth-order valence-corrected chi connectivity index (χ4v) is 3.59. The zero-order valence-corrected chi connectivity index (χ0v) is 15.1. The molecule has 0 radical (unpaired) electrons. The molecule has 2 heterocycles. The van der Waals surface area contributed by atoms with Crippen molar-refractivity contribution in [3.63, 3.8) is 0 Å². The van der Waals surface area contributed by atoms with E-state index in [1.54, 1.807) is 25.1 Å². The molecule has 1 aliphatic rings. The maximum absolute atomic E-state index is 12.9. The van der Waals surface area contributed by atoms with Gasteiger partial charge in [0, 0.05) is 15.6 Å². The number of carbonyl (C=O) groups excluding carboxylic acids is 2. The molecule has 0 aliphatic carbocycles. The lowest BCUT2D eigenvalue weighted by Gasteiger charge is -2.27. The molecule has 0 fully saturated rings. The minimum atomic E-state index is -0.515. The van der Waals surface area contributed by atoms with E-state index in [4.69, 9.17) is 16.3 Å². The van der Waals surface area contributed by atoms with E-state index in [0.717, 1.165) is 4.88 Å². The number of nitrogens with one attached hydrogen (secondary N) is 3. The lowest BCUT2D eigenvalue weighted by molar-refractivity contribution is -0.113. The summed E-state index contributed by atoms with van der Waals surface area (Å²) in [5.74, 6) is 0.153. The van der Waals surface area contributed by atoms with Crippen molar-refractivity contribution in [2.75, 3.05) is 12.4 Å². The number of carbonyl (C=O) groups is 2. The molecule has 1 atom stereocenters. The summed E-state index contributed by atoms with van der Waals surface area (Å²) in [7, 11) is 1.51. The SMILES string of the molecule is COc1ccc(Cl)cc1NC(=O)C1=C(C)NC(=O)N[C@@H]1c1cccs1. The number of thiophene rings is 1. The zero-order chi connectivity index (χ0) is 18.0. The van der Waals surface area contributed by atoms with E-state index in [2.05, 4.69) is 16.0 Å². The molecule has 3 N–H and O–H groups in total. The quantitative estimate of drug-likeness (QED) is 0.760. The topological polar surface area (TPSA) is 79.5 Å². The van der Waals surface area contributed by atoms with Crippen LogP contribution in [0.25, 0.3) is 0 Å². The highest BCUT2D eigenvalue weighted by molar-refractivity contribution is 7.10. The maximum atomic E-state index is 12.9. The van der Waals surface area contributed by atoms with E-state index in [0.29, 0.717) is 27.7 Å². The number of methoxy groups -OCH3 is 1. The normalized spacial score (nSPS) is 16.9. The third kappa shape index (κ3) is 3.62. The summed E-state index contributed by atoms with van der Waals surface area (Å²) in [6.07, 6.45) is 0. The first-order valence-electron chi connectivity index (χ1n) is 7.46. The van der Waals surface area contributed by atoms with Crippen molar-refractivity contribution in [1.29, 1.82) is 0 Å². The summed E-state index contributed by atoms with van der Waals surface area (Å²) < 4.78 is 5.26. The van der Waals surface area contributed by atoms with Gasteiger partial charge in [-0.1, -0.05) is 17.7 Å². The van der Waals surface area contributed by atoms with Crippen molar-refractivity contribution >= 4 is 40.6 Å². The Hall–Kier alpha value is -2.51. The van der Waals surface area contributed by atoms with Gasteiger partial charge >= 0.3 is 6.03 Å². The highest BCUT2D eigenvalue weighted by atomic mass is 35.5. The lowest BCUT2D eigenvalue weighted by Crippen LogP contribution is -2.45. The summed E-state index contributed by atoms with van der Waals surface area (Å²) in [6.45, 7) is 1.70. The molecule has 1 aromatic carbocycles. The maximum Gasteiger partial charge on any atom is 0.319 e. The van der Waals surface area contributed by atoms with E-state index in [1.165, 1.54) is 18.4 Å². The van der Waals surface area contributed by atoms with E-state index in [1.807, 2.05) is 17.5 Å². The fraction of sp³-hybridized carbons (Fsp3) is 0.176. The largest absolute Gasteiger partial charge is 0.495 e. The van der Waals surface area contributed by atoms with Gasteiger partial charge in [-0.15, -0.1) is 11.3 Å². The van der Waals surface area contributed by atoms with Crippen LogP contribution in [0.2, 0.25) is 5.02 Å². The van der Waals surface area contributed by atoms with Crippen molar-refractivity contribution in [2.24, 2.45) is 0 Å². The van der Waals surface area contributed by atoms with E-state index >= 15 is 0 Å². The highest BCUT2D eigenvalue weighted by Crippen LogP contribution is 2.32. The smallest absolute Gasteiger partial charge is 0.319 e. The van der Waals surface area contributed by atoms with Crippen LogP contribution in [-0.4, -0.2) is 19.0 Å². The second-order valence-electron chi connectivity index (χ2n) is 5.38. The minimum absolute atomic E-state index is 0.340. The lowest BCUT2D eigenvalue weighted by atomic mass is 10.0. The third-order valence-electron chi connectivity index (χ3n) is 3.75. The van der Waals surface area contributed by atoms with E-state index in [9.17, 15) is 9.59 Å². The Morgan fingerprint density at radius 3 is 2.84 bits per heavy atom. The molecule has 8 heteroatoms. The van der Waals surface area contributed by atoms with Crippen LogP contribution in [-0.2, 0) is 4.79 Å². The third-order valence-corrected chi connectivity index (χ3v) is 4.92. The summed E-state index contributed by atoms with van der Waals surface area (Å²) in [6, 6.07) is 7.87. The van der Waals surface area contributed by atoms with Gasteiger partial charge in [0.05, 0.1) is 24.4 Å². The predicted octanol–water partition coefficient (Wildman–Crippen LogP) is 3.68. The minimum Gasteiger partial charge on any atom is -0.495 e. The number of allylic oxidation sites excluding steroid dienone is 1. The summed E-state index contributed by atoms with van der Waals surface area (Å²) >= 11 is 7.48. The molecule has 0 saturated heterocycles. The Bertz CT molecular complexity index is 849. The summed E-state index contributed by atoms with van der Waals surface area (Å²) in [5, 5.41) is 10.6. The first kappa shape index (κ1) is 17.3. The monoisotopic (exact) mass is 377 g/mol. The molecule has 0 spiro atoms. The molecule has 6 nitrogen and oxygen atoms in total. The van der Waals surface area contributed by atoms with Gasteiger partial charge in [-0.05, 0) is 36.6 Å². The van der Waals surface area contributed by atoms with Crippen molar-refractivity contribution in [2.45, 2.75) is 13.0 Å². The van der Waals surface area contributed by atoms with Crippen LogP contribution >= 0.6 is 22.9 Å². The Labute approximate surface area is 153 Å². The molecule has 130 valence electrons. The van der Waals surface area contributed by atoms with Gasteiger partial charge in [-0.3, -0.25) is 4.79 Å². The Morgan fingerprint density at radius 2 is 2.16 bits per heavy atom. The molecule has 2 aromatic rings. The van der Waals surface area contributed by atoms with Crippen molar-refractivity contribution < 1.29 is 14.3 Å². The van der Waals surface area contributed by atoms with E-state index in [-0.39, 0.29) is 11.9 Å². The molecule has 25 heavy (non-hydrogen) atoms. The standard InChI is InChI=1S/C17H16ClN3O3S/c1-9-14(15(21-17(23)19-9)13-4-3-7-25-13)16(22)20-11-8-10(18)5-6-12(11)24-2/h3-8,15H,1-2H3,(H,20,22)(H2,19,21,23)/t15-/m1/s1. The molecule has 1 aromatic heterocycles. The van der Waals surface area contributed by atoms with Gasteiger partial charge < -0.3 is 20.7 Å². The average molecular weight is 378 g/mol. The number of urea groups is 1. The van der Waals surface area contributed by atoms with Crippen LogP contribution in [0.1, 0.15) is 17.8 Å². The van der Waals surface area contributed by atoms with Gasteiger partial charge in [-0.25, -0.2) is 4.79 Å². The van der Waals surface area contributed by atoms with Crippen LogP contribution in [0.5, 0.6) is 5.75 Å². The molecular formula is C17H16ClN3O3S. The molecule has 3 amide bonds. The van der Waals surface area contributed by atoms with Gasteiger partial charge in [-0.2, -0.15) is 0 Å². The zero-order valence-electron chi connectivity index (χ0n) is 13.6. The van der Waals surface area contributed by atoms with Crippen LogP contribution in [0, 0.1) is 0 Å². The second kappa shape index (κ2) is 7.16. The molecule has 0 unspecified atom stereocenters. The molecule has 3 rings (SSSR count). The Morgan fingerprint density at radius 1 is 1.36 bits per heavy atom. The number of amides is 3. The van der Waals surface area contributed by atoms with Crippen LogP contribution < -0.4 is 20.7 Å². The highest BCUT2D eigenvalue weighted by Gasteiger charge is 2.32. The number of halogens is 1. The van der Waals surface area contributed by atoms with Crippen LogP contribution in [0.15, 0.2) is 47.0 Å². The predicted molar refractivity (Wildman–Crippen MR) is 98.1 cm³/mol.